The summed E-state index contributed by atoms with van der Waals surface area (Å²) in [6, 6.07) is 5.09. The van der Waals surface area contributed by atoms with Gasteiger partial charge in [0.2, 0.25) is 0 Å². The molecule has 1 aromatic rings. The van der Waals surface area contributed by atoms with E-state index in [2.05, 4.69) is 15.9 Å². The predicted molar refractivity (Wildman–Crippen MR) is 65.2 cm³/mol. The van der Waals surface area contributed by atoms with Crippen LogP contribution in [0, 0.1) is 0 Å². The first-order chi connectivity index (χ1) is 7.22. The van der Waals surface area contributed by atoms with Crippen LogP contribution in [0.4, 0.5) is 0 Å². The molecule has 0 saturated heterocycles. The van der Waals surface area contributed by atoms with E-state index in [9.17, 15) is 13.5 Å². The molecule has 0 amide bonds. The van der Waals surface area contributed by atoms with E-state index in [0.717, 1.165) is 4.47 Å². The Morgan fingerprint density at radius 2 is 2.06 bits per heavy atom. The van der Waals surface area contributed by atoms with Crippen molar-refractivity contribution in [3.8, 4) is 0 Å². The molecule has 0 bridgehead atoms. The van der Waals surface area contributed by atoms with E-state index in [4.69, 9.17) is 0 Å². The molecule has 0 fully saturated rings. The first kappa shape index (κ1) is 12.1. The smallest absolute Gasteiger partial charge is 0.179 e. The lowest BCUT2D eigenvalue weighted by Gasteiger charge is -2.25. The van der Waals surface area contributed by atoms with Crippen molar-refractivity contribution in [2.24, 2.45) is 0 Å². The second-order valence-corrected chi connectivity index (χ2v) is 7.59. The molecule has 0 radical (unpaired) electrons. The number of benzene rings is 1. The first-order valence-corrected chi connectivity index (χ1v) is 7.41. The number of hydrogen-bond acceptors (Lipinski definition) is 3. The summed E-state index contributed by atoms with van der Waals surface area (Å²) >= 11 is 3.32. The van der Waals surface area contributed by atoms with Crippen LogP contribution in [0.2, 0.25) is 0 Å². The van der Waals surface area contributed by atoms with Crippen LogP contribution in [0.25, 0.3) is 0 Å². The highest BCUT2D eigenvalue weighted by molar-refractivity contribution is 9.10. The van der Waals surface area contributed by atoms with Gasteiger partial charge in [-0.3, -0.25) is 0 Å². The molecule has 1 heterocycles. The second-order valence-electron chi connectivity index (χ2n) is 4.67. The molecule has 0 aromatic heterocycles. The average Bonchev–Trinajstić information content (AvgIpc) is 2.37. The fraction of sp³-hybridized carbons (Fsp3) is 0.455. The highest BCUT2D eigenvalue weighted by Crippen LogP contribution is 2.41. The Labute approximate surface area is 104 Å². The summed E-state index contributed by atoms with van der Waals surface area (Å²) in [6.07, 6.45) is 0. The van der Waals surface area contributed by atoms with Gasteiger partial charge in [0.15, 0.2) is 9.84 Å². The van der Waals surface area contributed by atoms with E-state index < -0.39 is 15.4 Å². The van der Waals surface area contributed by atoms with E-state index in [1.807, 2.05) is 0 Å². The maximum absolute atomic E-state index is 11.9. The van der Waals surface area contributed by atoms with Gasteiger partial charge in [-0.2, -0.15) is 0 Å². The molecule has 16 heavy (non-hydrogen) atoms. The predicted octanol–water partition coefficient (Wildman–Crippen LogP) is 2.09. The molecule has 2 rings (SSSR count). The lowest BCUT2D eigenvalue weighted by molar-refractivity contribution is 0.0575. The van der Waals surface area contributed by atoms with Crippen LogP contribution in [0.1, 0.15) is 25.3 Å². The van der Waals surface area contributed by atoms with Gasteiger partial charge in [0.05, 0.1) is 16.2 Å². The Kier molecular flexibility index (Phi) is 2.68. The van der Waals surface area contributed by atoms with Gasteiger partial charge in [0.1, 0.15) is 0 Å². The second kappa shape index (κ2) is 3.55. The minimum atomic E-state index is -3.24. The van der Waals surface area contributed by atoms with Crippen molar-refractivity contribution in [1.29, 1.82) is 0 Å². The standard InChI is InChI=1S/C11H13BrO3S/c1-11(2,13)9-6-16(14,15)10-4-3-7(12)5-8(9)10/h3-5,9,13H,6H2,1-2H3. The molecular weight excluding hydrogens is 292 g/mol. The molecule has 3 nitrogen and oxygen atoms in total. The summed E-state index contributed by atoms with van der Waals surface area (Å²) in [5.41, 5.74) is -0.319. The van der Waals surface area contributed by atoms with E-state index in [1.54, 1.807) is 32.0 Å². The van der Waals surface area contributed by atoms with E-state index in [1.165, 1.54) is 0 Å². The minimum absolute atomic E-state index is 0.0116. The van der Waals surface area contributed by atoms with Crippen LogP contribution < -0.4 is 0 Å². The third-order valence-corrected chi connectivity index (χ3v) is 5.23. The summed E-state index contributed by atoms with van der Waals surface area (Å²) in [6.45, 7) is 3.28. The number of rotatable bonds is 1. The number of hydrogen-bond donors (Lipinski definition) is 1. The molecule has 0 spiro atoms. The monoisotopic (exact) mass is 304 g/mol. The van der Waals surface area contributed by atoms with Gasteiger partial charge in [-0.05, 0) is 37.6 Å². The molecule has 1 aromatic carbocycles. The molecule has 0 saturated carbocycles. The highest BCUT2D eigenvalue weighted by atomic mass is 79.9. The zero-order valence-corrected chi connectivity index (χ0v) is 11.5. The van der Waals surface area contributed by atoms with Crippen molar-refractivity contribution >= 4 is 25.8 Å². The van der Waals surface area contributed by atoms with Crippen LogP contribution in [-0.4, -0.2) is 24.9 Å². The van der Waals surface area contributed by atoms with Crippen molar-refractivity contribution in [3.05, 3.63) is 28.2 Å². The van der Waals surface area contributed by atoms with Crippen molar-refractivity contribution in [1.82, 2.24) is 0 Å². The Morgan fingerprint density at radius 1 is 1.44 bits per heavy atom. The Morgan fingerprint density at radius 3 is 2.62 bits per heavy atom. The summed E-state index contributed by atoms with van der Waals surface area (Å²) in [5, 5.41) is 10.0. The van der Waals surface area contributed by atoms with Crippen molar-refractivity contribution in [2.45, 2.75) is 30.3 Å². The zero-order chi connectivity index (χ0) is 12.1. The lowest BCUT2D eigenvalue weighted by atomic mass is 9.86. The largest absolute Gasteiger partial charge is 0.390 e. The quantitative estimate of drug-likeness (QED) is 0.864. The van der Waals surface area contributed by atoms with Gasteiger partial charge in [0, 0.05) is 10.4 Å². The fourth-order valence-corrected chi connectivity index (χ4v) is 4.48. The Hall–Kier alpha value is -0.390. The molecule has 1 aliphatic heterocycles. The van der Waals surface area contributed by atoms with Gasteiger partial charge in [-0.25, -0.2) is 8.42 Å². The molecule has 1 N–H and O–H groups in total. The van der Waals surface area contributed by atoms with Gasteiger partial charge >= 0.3 is 0 Å². The van der Waals surface area contributed by atoms with Gasteiger partial charge in [-0.1, -0.05) is 15.9 Å². The lowest BCUT2D eigenvalue weighted by Crippen LogP contribution is -2.30. The van der Waals surface area contributed by atoms with Crippen LogP contribution in [0.5, 0.6) is 0 Å². The van der Waals surface area contributed by atoms with Crippen LogP contribution in [-0.2, 0) is 9.84 Å². The minimum Gasteiger partial charge on any atom is -0.390 e. The molecule has 88 valence electrons. The first-order valence-electron chi connectivity index (χ1n) is 4.96. The van der Waals surface area contributed by atoms with E-state index in [0.29, 0.717) is 10.5 Å². The van der Waals surface area contributed by atoms with Crippen molar-refractivity contribution in [2.75, 3.05) is 5.75 Å². The number of halogens is 1. The molecule has 5 heteroatoms. The van der Waals surface area contributed by atoms with E-state index in [-0.39, 0.29) is 11.7 Å². The van der Waals surface area contributed by atoms with Gasteiger partial charge < -0.3 is 5.11 Å². The van der Waals surface area contributed by atoms with Crippen LogP contribution in [0.3, 0.4) is 0 Å². The fourth-order valence-electron chi connectivity index (χ4n) is 2.06. The topological polar surface area (TPSA) is 54.4 Å². The maximum atomic E-state index is 11.9. The van der Waals surface area contributed by atoms with Crippen molar-refractivity contribution in [3.63, 3.8) is 0 Å². The van der Waals surface area contributed by atoms with Gasteiger partial charge in [0.25, 0.3) is 0 Å². The summed E-state index contributed by atoms with van der Waals surface area (Å²) in [4.78, 5) is 0.350. The highest BCUT2D eigenvalue weighted by Gasteiger charge is 2.42. The number of aliphatic hydroxyl groups is 1. The number of sulfone groups is 1. The normalized spacial score (nSPS) is 23.1. The molecule has 1 aliphatic rings. The third kappa shape index (κ3) is 1.92. The zero-order valence-electron chi connectivity index (χ0n) is 9.07. The number of fused-ring (bicyclic) bond motifs is 1. The maximum Gasteiger partial charge on any atom is 0.179 e. The summed E-state index contributed by atoms with van der Waals surface area (Å²) in [5.74, 6) is -0.368. The molecular formula is C11H13BrO3S. The summed E-state index contributed by atoms with van der Waals surface area (Å²) in [7, 11) is -3.24. The Balaban J connectivity index is 2.66. The van der Waals surface area contributed by atoms with Crippen LogP contribution in [0.15, 0.2) is 27.6 Å². The van der Waals surface area contributed by atoms with Crippen LogP contribution >= 0.6 is 15.9 Å². The van der Waals surface area contributed by atoms with Gasteiger partial charge in [-0.15, -0.1) is 0 Å². The molecule has 0 aliphatic carbocycles. The summed E-state index contributed by atoms with van der Waals surface area (Å²) < 4.78 is 24.6. The third-order valence-electron chi connectivity index (χ3n) is 2.92. The molecule has 1 atom stereocenters. The van der Waals surface area contributed by atoms with Crippen molar-refractivity contribution < 1.29 is 13.5 Å². The molecule has 1 unspecified atom stereocenters. The SMILES string of the molecule is CC(C)(O)C1CS(=O)(=O)c2ccc(Br)cc21. The Bertz CT molecular complexity index is 529. The van der Waals surface area contributed by atoms with E-state index >= 15 is 0 Å². The average molecular weight is 305 g/mol.